The zero-order chi connectivity index (χ0) is 13.8. The number of hydrogen-bond donors (Lipinski definition) is 2. The summed E-state index contributed by atoms with van der Waals surface area (Å²) in [4.78, 5) is 16.0. The van der Waals surface area contributed by atoms with Crippen molar-refractivity contribution in [2.24, 2.45) is 0 Å². The lowest BCUT2D eigenvalue weighted by atomic mass is 10.1. The Labute approximate surface area is 116 Å². The fraction of sp³-hybridized carbons (Fsp3) is 0.143. The van der Waals surface area contributed by atoms with Gasteiger partial charge in [-0.3, -0.25) is 9.78 Å². The van der Waals surface area contributed by atoms with Gasteiger partial charge in [-0.1, -0.05) is 11.6 Å². The number of aryl methyl sites for hydroxylation is 1. The van der Waals surface area contributed by atoms with Gasteiger partial charge < -0.3 is 10.4 Å². The molecule has 1 aromatic carbocycles. The van der Waals surface area contributed by atoms with Gasteiger partial charge in [-0.25, -0.2) is 0 Å². The first kappa shape index (κ1) is 13.4. The van der Waals surface area contributed by atoms with E-state index >= 15 is 0 Å². The summed E-state index contributed by atoms with van der Waals surface area (Å²) in [6, 6.07) is 6.12. The highest BCUT2D eigenvalue weighted by atomic mass is 35.5. The van der Waals surface area contributed by atoms with Crippen molar-refractivity contribution < 1.29 is 9.90 Å². The van der Waals surface area contributed by atoms with Gasteiger partial charge in [0.2, 0.25) is 0 Å². The summed E-state index contributed by atoms with van der Waals surface area (Å²) in [5.74, 6) is -0.313. The number of nitrogens with zero attached hydrogens (tertiary/aromatic N) is 1. The molecule has 0 unspecified atom stereocenters. The van der Waals surface area contributed by atoms with Crippen LogP contribution in [-0.4, -0.2) is 16.0 Å². The maximum atomic E-state index is 12.0. The minimum absolute atomic E-state index is 0.00893. The molecule has 1 heterocycles. The van der Waals surface area contributed by atoms with Crippen molar-refractivity contribution in [3.05, 3.63) is 58.4 Å². The molecule has 98 valence electrons. The van der Waals surface area contributed by atoms with Crippen LogP contribution in [0.4, 0.5) is 0 Å². The average molecular weight is 277 g/mol. The van der Waals surface area contributed by atoms with Crippen LogP contribution < -0.4 is 5.32 Å². The lowest BCUT2D eigenvalue weighted by molar-refractivity contribution is 0.0950. The summed E-state index contributed by atoms with van der Waals surface area (Å²) in [5.41, 5.74) is 2.25. The molecule has 0 radical (unpaired) electrons. The van der Waals surface area contributed by atoms with Crippen molar-refractivity contribution in [3.8, 4) is 5.75 Å². The molecule has 1 amide bonds. The van der Waals surface area contributed by atoms with Crippen LogP contribution in [0.5, 0.6) is 5.75 Å². The number of aromatic nitrogens is 1. The Hall–Kier alpha value is -2.07. The highest BCUT2D eigenvalue weighted by Crippen LogP contribution is 2.21. The Morgan fingerprint density at radius 2 is 2.21 bits per heavy atom. The number of carbonyl (C=O) groups excluding carboxylic acids is 1. The molecule has 0 fully saturated rings. The predicted molar refractivity (Wildman–Crippen MR) is 73.3 cm³/mol. The highest BCUT2D eigenvalue weighted by Gasteiger charge is 2.11. The number of nitrogens with one attached hydrogen (secondary N) is 1. The van der Waals surface area contributed by atoms with Crippen molar-refractivity contribution in [2.45, 2.75) is 13.5 Å². The second kappa shape index (κ2) is 5.71. The van der Waals surface area contributed by atoms with Crippen molar-refractivity contribution in [3.63, 3.8) is 0 Å². The Balaban J connectivity index is 2.10. The van der Waals surface area contributed by atoms with Gasteiger partial charge in [-0.15, -0.1) is 0 Å². The summed E-state index contributed by atoms with van der Waals surface area (Å²) >= 11 is 5.92. The summed E-state index contributed by atoms with van der Waals surface area (Å²) in [7, 11) is 0. The summed E-state index contributed by atoms with van der Waals surface area (Å²) in [5, 5.41) is 12.4. The van der Waals surface area contributed by atoms with E-state index in [9.17, 15) is 9.90 Å². The number of halogens is 1. The number of hydrogen-bond acceptors (Lipinski definition) is 3. The molecule has 19 heavy (non-hydrogen) atoms. The number of rotatable bonds is 3. The molecule has 5 heteroatoms. The van der Waals surface area contributed by atoms with Gasteiger partial charge in [0.25, 0.3) is 5.91 Å². The monoisotopic (exact) mass is 276 g/mol. The van der Waals surface area contributed by atoms with Crippen LogP contribution in [0.2, 0.25) is 5.02 Å². The van der Waals surface area contributed by atoms with E-state index in [2.05, 4.69) is 10.3 Å². The van der Waals surface area contributed by atoms with E-state index in [1.165, 1.54) is 18.2 Å². The number of phenols is 1. The van der Waals surface area contributed by atoms with Crippen LogP contribution in [0.25, 0.3) is 0 Å². The Kier molecular flexibility index (Phi) is 4.02. The first-order valence-electron chi connectivity index (χ1n) is 5.74. The van der Waals surface area contributed by atoms with Crippen LogP contribution in [0, 0.1) is 6.92 Å². The molecule has 0 aliphatic rings. The molecule has 0 spiro atoms. The smallest absolute Gasteiger partial charge is 0.253 e. The highest BCUT2D eigenvalue weighted by molar-refractivity contribution is 6.33. The molecule has 0 saturated heterocycles. The normalized spacial score (nSPS) is 10.2. The number of pyridine rings is 1. The van der Waals surface area contributed by atoms with Crippen molar-refractivity contribution in [1.29, 1.82) is 0 Å². The van der Waals surface area contributed by atoms with Gasteiger partial charge in [0.05, 0.1) is 10.6 Å². The zero-order valence-corrected chi connectivity index (χ0v) is 11.1. The molecule has 0 saturated carbocycles. The molecule has 1 aromatic heterocycles. The third-order valence-electron chi connectivity index (χ3n) is 2.77. The first-order chi connectivity index (χ1) is 9.08. The lowest BCUT2D eigenvalue weighted by Gasteiger charge is -2.08. The Bertz CT molecular complexity index is 614. The Morgan fingerprint density at radius 1 is 1.42 bits per heavy atom. The maximum absolute atomic E-state index is 12.0. The van der Waals surface area contributed by atoms with E-state index in [0.29, 0.717) is 11.6 Å². The first-order valence-corrected chi connectivity index (χ1v) is 6.12. The number of carbonyl (C=O) groups is 1. The van der Waals surface area contributed by atoms with Crippen LogP contribution in [-0.2, 0) is 6.54 Å². The fourth-order valence-electron chi connectivity index (χ4n) is 1.66. The summed E-state index contributed by atoms with van der Waals surface area (Å²) in [6.45, 7) is 2.31. The van der Waals surface area contributed by atoms with E-state index in [-0.39, 0.29) is 17.2 Å². The SMILES string of the molecule is Cc1cnccc1CNC(=O)c1cc(O)ccc1Cl. The minimum atomic E-state index is -0.322. The van der Waals surface area contributed by atoms with Crippen LogP contribution in [0.15, 0.2) is 36.7 Å². The van der Waals surface area contributed by atoms with Gasteiger partial charge in [0, 0.05) is 18.9 Å². The number of aromatic hydroxyl groups is 1. The fourth-order valence-corrected chi connectivity index (χ4v) is 1.86. The van der Waals surface area contributed by atoms with Gasteiger partial charge in [0.1, 0.15) is 5.75 Å². The van der Waals surface area contributed by atoms with Crippen molar-refractivity contribution in [1.82, 2.24) is 10.3 Å². The standard InChI is InChI=1S/C14H13ClN2O2/c1-9-7-16-5-4-10(9)8-17-14(19)12-6-11(18)2-3-13(12)15/h2-7,18H,8H2,1H3,(H,17,19). The largest absolute Gasteiger partial charge is 0.508 e. The number of benzene rings is 1. The quantitative estimate of drug-likeness (QED) is 0.906. The molecule has 2 N–H and O–H groups in total. The predicted octanol–water partition coefficient (Wildman–Crippen LogP) is 2.68. The third kappa shape index (κ3) is 3.23. The van der Waals surface area contributed by atoms with Crippen LogP contribution in [0.1, 0.15) is 21.5 Å². The van der Waals surface area contributed by atoms with E-state index in [1.807, 2.05) is 13.0 Å². The third-order valence-corrected chi connectivity index (χ3v) is 3.10. The molecule has 0 aliphatic heterocycles. The lowest BCUT2D eigenvalue weighted by Crippen LogP contribution is -2.23. The molecule has 0 bridgehead atoms. The van der Waals surface area contributed by atoms with Gasteiger partial charge >= 0.3 is 0 Å². The molecule has 2 rings (SSSR count). The van der Waals surface area contributed by atoms with Gasteiger partial charge in [-0.05, 0) is 42.3 Å². The van der Waals surface area contributed by atoms with Crippen LogP contribution >= 0.6 is 11.6 Å². The Morgan fingerprint density at radius 3 is 2.95 bits per heavy atom. The van der Waals surface area contributed by atoms with Gasteiger partial charge in [0.15, 0.2) is 0 Å². The summed E-state index contributed by atoms with van der Waals surface area (Å²) < 4.78 is 0. The maximum Gasteiger partial charge on any atom is 0.253 e. The number of amides is 1. The van der Waals surface area contributed by atoms with Crippen molar-refractivity contribution in [2.75, 3.05) is 0 Å². The number of phenolic OH excluding ortho intramolecular Hbond substituents is 1. The van der Waals surface area contributed by atoms with E-state index < -0.39 is 0 Å². The van der Waals surface area contributed by atoms with Crippen molar-refractivity contribution >= 4 is 17.5 Å². The van der Waals surface area contributed by atoms with Crippen LogP contribution in [0.3, 0.4) is 0 Å². The van der Waals surface area contributed by atoms with E-state index in [4.69, 9.17) is 11.6 Å². The zero-order valence-electron chi connectivity index (χ0n) is 10.4. The molecule has 0 aliphatic carbocycles. The van der Waals surface area contributed by atoms with E-state index in [0.717, 1.165) is 11.1 Å². The van der Waals surface area contributed by atoms with E-state index in [1.54, 1.807) is 12.4 Å². The topological polar surface area (TPSA) is 62.2 Å². The molecule has 2 aromatic rings. The minimum Gasteiger partial charge on any atom is -0.508 e. The van der Waals surface area contributed by atoms with Gasteiger partial charge in [-0.2, -0.15) is 0 Å². The second-order valence-electron chi connectivity index (χ2n) is 4.15. The summed E-state index contributed by atoms with van der Waals surface area (Å²) in [6.07, 6.45) is 3.42. The molecule has 0 atom stereocenters. The average Bonchev–Trinajstić information content (AvgIpc) is 2.40. The molecule has 4 nitrogen and oxygen atoms in total. The second-order valence-corrected chi connectivity index (χ2v) is 4.56. The molecular formula is C14H13ClN2O2. The molecular weight excluding hydrogens is 264 g/mol.